The number of nitrogens with zero attached hydrogens (tertiary/aromatic N) is 2. The third kappa shape index (κ3) is 3.16. The number of H-pyrrole nitrogens is 1. The molecule has 0 bridgehead atoms. The van der Waals surface area contributed by atoms with Crippen molar-refractivity contribution in [3.05, 3.63) is 82.7 Å². The molecule has 6 heteroatoms. The molecule has 124 valence electrons. The Hall–Kier alpha value is -2.99. The van der Waals surface area contributed by atoms with Crippen molar-refractivity contribution in [2.24, 2.45) is 0 Å². The van der Waals surface area contributed by atoms with Crippen molar-refractivity contribution in [1.82, 2.24) is 20.3 Å². The van der Waals surface area contributed by atoms with Crippen molar-refractivity contribution in [2.45, 2.75) is 5.92 Å². The first-order valence-electron chi connectivity index (χ1n) is 7.96. The predicted molar refractivity (Wildman–Crippen MR) is 98.8 cm³/mol. The summed E-state index contributed by atoms with van der Waals surface area (Å²) in [5.74, 6) is -0.133. The molecule has 0 aliphatic rings. The van der Waals surface area contributed by atoms with Crippen molar-refractivity contribution in [1.29, 1.82) is 0 Å². The normalized spacial score (nSPS) is 12.2. The Morgan fingerprint density at radius 3 is 2.92 bits per heavy atom. The largest absolute Gasteiger partial charge is 0.361 e. The molecule has 1 atom stereocenters. The van der Waals surface area contributed by atoms with E-state index in [9.17, 15) is 4.79 Å². The van der Waals surface area contributed by atoms with Gasteiger partial charge in [0.2, 0.25) is 0 Å². The lowest BCUT2D eigenvalue weighted by atomic mass is 9.96. The van der Waals surface area contributed by atoms with E-state index in [0.29, 0.717) is 12.2 Å². The number of carbonyl (C=O) groups excluding carboxylic acids is 1. The molecule has 0 saturated carbocycles. The number of aromatic amines is 1. The first-order valence-corrected chi connectivity index (χ1v) is 8.84. The zero-order chi connectivity index (χ0) is 17.1. The lowest BCUT2D eigenvalue weighted by Crippen LogP contribution is -2.29. The summed E-state index contributed by atoms with van der Waals surface area (Å²) in [4.78, 5) is 24.9. The highest BCUT2D eigenvalue weighted by Gasteiger charge is 2.20. The number of para-hydroxylation sites is 1. The number of thiophene rings is 1. The molecule has 0 aliphatic heterocycles. The summed E-state index contributed by atoms with van der Waals surface area (Å²) in [6, 6.07) is 12.3. The van der Waals surface area contributed by atoms with E-state index in [1.807, 2.05) is 24.4 Å². The van der Waals surface area contributed by atoms with Crippen LogP contribution in [0.2, 0.25) is 0 Å². The van der Waals surface area contributed by atoms with Crippen LogP contribution < -0.4 is 5.32 Å². The average molecular weight is 348 g/mol. The van der Waals surface area contributed by atoms with Crippen LogP contribution in [0.1, 0.15) is 26.8 Å². The van der Waals surface area contributed by atoms with Crippen LogP contribution >= 0.6 is 11.3 Å². The molecule has 3 heterocycles. The Balaban J connectivity index is 1.63. The maximum Gasteiger partial charge on any atom is 0.271 e. The molecule has 1 aromatic carbocycles. The van der Waals surface area contributed by atoms with Gasteiger partial charge in [-0.1, -0.05) is 24.3 Å². The van der Waals surface area contributed by atoms with E-state index in [4.69, 9.17) is 0 Å². The van der Waals surface area contributed by atoms with E-state index in [1.165, 1.54) is 28.2 Å². The van der Waals surface area contributed by atoms with Crippen molar-refractivity contribution in [3.63, 3.8) is 0 Å². The molecule has 2 N–H and O–H groups in total. The molecule has 25 heavy (non-hydrogen) atoms. The maximum atomic E-state index is 12.3. The lowest BCUT2D eigenvalue weighted by Gasteiger charge is -2.16. The zero-order valence-corrected chi connectivity index (χ0v) is 14.2. The van der Waals surface area contributed by atoms with Gasteiger partial charge >= 0.3 is 0 Å². The van der Waals surface area contributed by atoms with Crippen LogP contribution in [0.25, 0.3) is 10.9 Å². The Labute approximate surface area is 148 Å². The second-order valence-electron chi connectivity index (χ2n) is 5.66. The summed E-state index contributed by atoms with van der Waals surface area (Å²) in [5.41, 5.74) is 2.60. The fourth-order valence-electron chi connectivity index (χ4n) is 2.94. The van der Waals surface area contributed by atoms with Crippen molar-refractivity contribution >= 4 is 28.1 Å². The molecule has 1 unspecified atom stereocenters. The highest BCUT2D eigenvalue weighted by atomic mass is 32.1. The molecule has 1 amide bonds. The van der Waals surface area contributed by atoms with E-state index < -0.39 is 0 Å². The highest BCUT2D eigenvalue weighted by molar-refractivity contribution is 7.10. The molecule has 5 nitrogen and oxygen atoms in total. The maximum absolute atomic E-state index is 12.3. The monoisotopic (exact) mass is 348 g/mol. The van der Waals surface area contributed by atoms with Gasteiger partial charge in [-0.3, -0.25) is 9.78 Å². The van der Waals surface area contributed by atoms with E-state index in [1.54, 1.807) is 17.5 Å². The van der Waals surface area contributed by atoms with Crippen LogP contribution in [0.5, 0.6) is 0 Å². The molecular formula is C19H16N4OS. The van der Waals surface area contributed by atoms with Crippen LogP contribution in [0.15, 0.2) is 66.6 Å². The number of nitrogens with one attached hydrogen (secondary N) is 2. The number of aromatic nitrogens is 3. The number of benzene rings is 1. The first kappa shape index (κ1) is 15.5. The van der Waals surface area contributed by atoms with Crippen LogP contribution in [0.4, 0.5) is 0 Å². The van der Waals surface area contributed by atoms with Crippen molar-refractivity contribution < 1.29 is 4.79 Å². The van der Waals surface area contributed by atoms with Crippen LogP contribution in [0.3, 0.4) is 0 Å². The Morgan fingerprint density at radius 1 is 1.20 bits per heavy atom. The fraction of sp³-hybridized carbons (Fsp3) is 0.105. The summed E-state index contributed by atoms with van der Waals surface area (Å²) in [6.45, 7) is 0.498. The molecule has 4 rings (SSSR count). The lowest BCUT2D eigenvalue weighted by molar-refractivity contribution is 0.0947. The van der Waals surface area contributed by atoms with Crippen molar-refractivity contribution in [3.8, 4) is 0 Å². The summed E-state index contributed by atoms with van der Waals surface area (Å²) < 4.78 is 0. The molecule has 0 fully saturated rings. The van der Waals surface area contributed by atoms with E-state index in [0.717, 1.165) is 5.52 Å². The third-order valence-corrected chi connectivity index (χ3v) is 5.13. The number of carbonyl (C=O) groups is 1. The molecular weight excluding hydrogens is 332 g/mol. The zero-order valence-electron chi connectivity index (χ0n) is 13.3. The van der Waals surface area contributed by atoms with Gasteiger partial charge in [-0.25, -0.2) is 4.98 Å². The summed E-state index contributed by atoms with van der Waals surface area (Å²) in [5, 5.41) is 6.22. The van der Waals surface area contributed by atoms with Gasteiger partial charge in [0.05, 0.1) is 6.20 Å². The Morgan fingerprint density at radius 2 is 2.12 bits per heavy atom. The van der Waals surface area contributed by atoms with Gasteiger partial charge < -0.3 is 10.3 Å². The van der Waals surface area contributed by atoms with Gasteiger partial charge in [-0.2, -0.15) is 0 Å². The molecule has 0 aliphatic carbocycles. The van der Waals surface area contributed by atoms with Gasteiger partial charge in [0, 0.05) is 46.8 Å². The summed E-state index contributed by atoms with van der Waals surface area (Å²) in [6.07, 6.45) is 6.58. The van der Waals surface area contributed by atoms with Crippen LogP contribution in [-0.4, -0.2) is 27.4 Å². The van der Waals surface area contributed by atoms with Gasteiger partial charge in [0.15, 0.2) is 0 Å². The first-order chi connectivity index (χ1) is 12.3. The molecule has 3 aromatic heterocycles. The Bertz CT molecular complexity index is 979. The minimum Gasteiger partial charge on any atom is -0.361 e. The van der Waals surface area contributed by atoms with Gasteiger partial charge in [-0.15, -0.1) is 11.3 Å². The molecule has 0 saturated heterocycles. The number of hydrogen-bond donors (Lipinski definition) is 2. The highest BCUT2D eigenvalue weighted by Crippen LogP contribution is 2.32. The summed E-state index contributed by atoms with van der Waals surface area (Å²) in [7, 11) is 0. The van der Waals surface area contributed by atoms with Gasteiger partial charge in [0.1, 0.15) is 5.69 Å². The van der Waals surface area contributed by atoms with Crippen molar-refractivity contribution in [2.75, 3.05) is 6.54 Å². The standard InChI is InChI=1S/C19H16N4OS/c24-19(17-12-20-7-8-21-17)23-11-15(18-6-3-9-25-18)14-10-22-16-5-2-1-4-13(14)16/h1-10,12,15,22H,11H2,(H,23,24). The number of hydrogen-bond acceptors (Lipinski definition) is 4. The third-order valence-electron chi connectivity index (χ3n) is 4.15. The van der Waals surface area contributed by atoms with E-state index in [-0.39, 0.29) is 11.8 Å². The number of amides is 1. The predicted octanol–water partition coefficient (Wildman–Crippen LogP) is 3.58. The summed E-state index contributed by atoms with van der Waals surface area (Å²) >= 11 is 1.69. The Kier molecular flexibility index (Phi) is 4.26. The molecule has 0 spiro atoms. The second-order valence-corrected chi connectivity index (χ2v) is 6.64. The second kappa shape index (κ2) is 6.86. The van der Waals surface area contributed by atoms with Crippen LogP contribution in [0, 0.1) is 0 Å². The quantitative estimate of drug-likeness (QED) is 0.579. The number of fused-ring (bicyclic) bond motifs is 1. The van der Waals surface area contributed by atoms with Crippen LogP contribution in [-0.2, 0) is 0 Å². The average Bonchev–Trinajstić information content (AvgIpc) is 3.33. The fourth-order valence-corrected chi connectivity index (χ4v) is 3.78. The number of rotatable bonds is 5. The van der Waals surface area contributed by atoms with Gasteiger partial charge in [0.25, 0.3) is 5.91 Å². The molecule has 4 aromatic rings. The van der Waals surface area contributed by atoms with Gasteiger partial charge in [-0.05, 0) is 23.1 Å². The SMILES string of the molecule is O=C(NCC(c1cccs1)c1c[nH]c2ccccc12)c1cnccn1. The minimum absolute atomic E-state index is 0.0803. The smallest absolute Gasteiger partial charge is 0.271 e. The topological polar surface area (TPSA) is 70.7 Å². The van der Waals surface area contributed by atoms with E-state index in [2.05, 4.69) is 43.8 Å². The molecule has 0 radical (unpaired) electrons. The van der Waals surface area contributed by atoms with E-state index >= 15 is 0 Å². The minimum atomic E-state index is -0.213.